The number of rotatable bonds is 4. The van der Waals surface area contributed by atoms with Gasteiger partial charge >= 0.3 is 12.1 Å². The van der Waals surface area contributed by atoms with Crippen molar-refractivity contribution < 1.29 is 27.5 Å². The van der Waals surface area contributed by atoms with Crippen LogP contribution in [0.4, 0.5) is 13.2 Å². The highest BCUT2D eigenvalue weighted by atomic mass is 19.4. The molecule has 2 rings (SSSR count). The summed E-state index contributed by atoms with van der Waals surface area (Å²) >= 11 is 0. The molecule has 0 aliphatic heterocycles. The molecular weight excluding hydrogens is 345 g/mol. The van der Waals surface area contributed by atoms with E-state index in [2.05, 4.69) is 0 Å². The fourth-order valence-electron chi connectivity index (χ4n) is 2.16. The Balaban J connectivity index is 2.36. The predicted octanol–water partition coefficient (Wildman–Crippen LogP) is 5.22. The summed E-state index contributed by atoms with van der Waals surface area (Å²) in [6.07, 6.45) is -5.71. The van der Waals surface area contributed by atoms with Gasteiger partial charge in [0, 0.05) is 11.1 Å². The fourth-order valence-corrected chi connectivity index (χ4v) is 2.16. The van der Waals surface area contributed by atoms with Gasteiger partial charge in [0.05, 0.1) is 11.0 Å². The quantitative estimate of drug-likeness (QED) is 0.552. The summed E-state index contributed by atoms with van der Waals surface area (Å²) in [4.78, 5) is 25.1. The van der Waals surface area contributed by atoms with E-state index in [1.807, 2.05) is 0 Å². The average molecular weight is 364 g/mol. The number of alkyl halides is 3. The van der Waals surface area contributed by atoms with Gasteiger partial charge in [-0.05, 0) is 32.9 Å². The molecule has 26 heavy (non-hydrogen) atoms. The number of hydrogen-bond donors (Lipinski definition) is 0. The number of ether oxygens (including phenoxy) is 1. The van der Waals surface area contributed by atoms with Gasteiger partial charge in [0.25, 0.3) is 0 Å². The van der Waals surface area contributed by atoms with Crippen LogP contribution in [-0.2, 0) is 15.7 Å². The second kappa shape index (κ2) is 7.32. The van der Waals surface area contributed by atoms with E-state index in [-0.39, 0.29) is 5.56 Å². The zero-order valence-corrected chi connectivity index (χ0v) is 14.6. The van der Waals surface area contributed by atoms with Crippen molar-refractivity contribution in [2.75, 3.05) is 0 Å². The molecule has 0 saturated carbocycles. The van der Waals surface area contributed by atoms with Crippen LogP contribution >= 0.6 is 0 Å². The standard InChI is InChI=1S/C20H19F3O3/c1-19(2,3)18(25)26-17(14-7-5-4-6-8-14)16(24)13-9-11-15(12-10-13)20(21,22)23/h4-12,17H,1-3H3/t17-/m1/s1. The second-order valence-electron chi connectivity index (χ2n) is 6.89. The summed E-state index contributed by atoms with van der Waals surface area (Å²) in [6, 6.07) is 12.2. The molecule has 1 atom stereocenters. The van der Waals surface area contributed by atoms with Crippen LogP contribution in [0, 0.1) is 5.41 Å². The molecule has 0 aromatic heterocycles. The van der Waals surface area contributed by atoms with E-state index in [1.54, 1.807) is 51.1 Å². The van der Waals surface area contributed by atoms with Gasteiger partial charge in [-0.2, -0.15) is 13.2 Å². The topological polar surface area (TPSA) is 43.4 Å². The van der Waals surface area contributed by atoms with Crippen molar-refractivity contribution in [1.82, 2.24) is 0 Å². The lowest BCUT2D eigenvalue weighted by Gasteiger charge is -2.23. The second-order valence-corrected chi connectivity index (χ2v) is 6.89. The van der Waals surface area contributed by atoms with Gasteiger partial charge in [0.2, 0.25) is 5.78 Å². The molecule has 6 heteroatoms. The molecule has 0 heterocycles. The van der Waals surface area contributed by atoms with Crippen LogP contribution in [0.3, 0.4) is 0 Å². The van der Waals surface area contributed by atoms with Crippen LogP contribution < -0.4 is 0 Å². The molecule has 2 aromatic rings. The maximum Gasteiger partial charge on any atom is 0.416 e. The normalized spacial score (nSPS) is 13.2. The van der Waals surface area contributed by atoms with Crippen molar-refractivity contribution in [1.29, 1.82) is 0 Å². The minimum atomic E-state index is -4.49. The number of esters is 1. The first-order valence-electron chi connectivity index (χ1n) is 7.97. The molecular formula is C20H19F3O3. The molecule has 0 unspecified atom stereocenters. The number of hydrogen-bond acceptors (Lipinski definition) is 3. The third-order valence-electron chi connectivity index (χ3n) is 3.67. The first-order valence-corrected chi connectivity index (χ1v) is 7.97. The van der Waals surface area contributed by atoms with Crippen LogP contribution in [0.25, 0.3) is 0 Å². The Morgan fingerprint density at radius 3 is 1.88 bits per heavy atom. The molecule has 0 N–H and O–H groups in total. The molecule has 0 bridgehead atoms. The smallest absolute Gasteiger partial charge is 0.416 e. The Morgan fingerprint density at radius 2 is 1.42 bits per heavy atom. The van der Waals surface area contributed by atoms with Crippen molar-refractivity contribution in [3.8, 4) is 0 Å². The maximum atomic E-state index is 12.8. The largest absolute Gasteiger partial charge is 0.449 e. The molecule has 3 nitrogen and oxygen atoms in total. The first kappa shape index (κ1) is 19.7. The molecule has 2 aromatic carbocycles. The van der Waals surface area contributed by atoms with E-state index in [1.165, 1.54) is 0 Å². The molecule has 0 saturated heterocycles. The SMILES string of the molecule is CC(C)(C)C(=O)O[C@@H](C(=O)c1ccc(C(F)(F)F)cc1)c1ccccc1. The number of halogens is 3. The molecule has 0 radical (unpaired) electrons. The van der Waals surface area contributed by atoms with Crippen LogP contribution in [0.15, 0.2) is 54.6 Å². The summed E-state index contributed by atoms with van der Waals surface area (Å²) in [5.74, 6) is -1.16. The third-order valence-corrected chi connectivity index (χ3v) is 3.67. The number of benzene rings is 2. The lowest BCUT2D eigenvalue weighted by molar-refractivity contribution is -0.156. The fraction of sp³-hybridized carbons (Fsp3) is 0.300. The first-order chi connectivity index (χ1) is 12.0. The van der Waals surface area contributed by atoms with Crippen molar-refractivity contribution in [2.45, 2.75) is 33.1 Å². The third kappa shape index (κ3) is 4.71. The summed E-state index contributed by atoms with van der Waals surface area (Å²) in [5.41, 5.74) is -1.19. The van der Waals surface area contributed by atoms with Crippen molar-refractivity contribution >= 4 is 11.8 Å². The highest BCUT2D eigenvalue weighted by molar-refractivity contribution is 6.01. The zero-order chi connectivity index (χ0) is 19.5. The molecule has 0 amide bonds. The zero-order valence-electron chi connectivity index (χ0n) is 14.6. The van der Waals surface area contributed by atoms with Gasteiger partial charge in [-0.25, -0.2) is 0 Å². The van der Waals surface area contributed by atoms with E-state index in [9.17, 15) is 22.8 Å². The van der Waals surface area contributed by atoms with E-state index >= 15 is 0 Å². The monoisotopic (exact) mass is 364 g/mol. The van der Waals surface area contributed by atoms with E-state index in [4.69, 9.17) is 4.74 Å². The molecule has 138 valence electrons. The Bertz CT molecular complexity index is 773. The van der Waals surface area contributed by atoms with Gasteiger partial charge in [0.1, 0.15) is 0 Å². The predicted molar refractivity (Wildman–Crippen MR) is 90.5 cm³/mol. The summed E-state index contributed by atoms with van der Waals surface area (Å²) in [7, 11) is 0. The number of ketones is 1. The summed E-state index contributed by atoms with van der Waals surface area (Å²) in [5, 5.41) is 0. The van der Waals surface area contributed by atoms with Crippen LogP contribution in [0.1, 0.15) is 48.4 Å². The van der Waals surface area contributed by atoms with Crippen LogP contribution in [0.2, 0.25) is 0 Å². The maximum absolute atomic E-state index is 12.8. The van der Waals surface area contributed by atoms with Crippen LogP contribution in [-0.4, -0.2) is 11.8 Å². The van der Waals surface area contributed by atoms with Gasteiger partial charge in [0.15, 0.2) is 6.10 Å². The van der Waals surface area contributed by atoms with Gasteiger partial charge in [-0.1, -0.05) is 42.5 Å². The van der Waals surface area contributed by atoms with E-state index < -0.39 is 35.0 Å². The van der Waals surface area contributed by atoms with E-state index in [0.29, 0.717) is 5.56 Å². The van der Waals surface area contributed by atoms with E-state index in [0.717, 1.165) is 24.3 Å². The molecule has 0 aliphatic rings. The Morgan fingerprint density at radius 1 is 0.885 bits per heavy atom. The molecule has 0 fully saturated rings. The number of carbonyl (C=O) groups excluding carboxylic acids is 2. The van der Waals surface area contributed by atoms with Crippen molar-refractivity contribution in [3.63, 3.8) is 0 Å². The lowest BCUT2D eigenvalue weighted by Crippen LogP contribution is -2.28. The molecule has 0 aliphatic carbocycles. The van der Waals surface area contributed by atoms with Gasteiger partial charge in [-0.3, -0.25) is 9.59 Å². The highest BCUT2D eigenvalue weighted by Gasteiger charge is 2.33. The summed E-state index contributed by atoms with van der Waals surface area (Å²) < 4.78 is 43.5. The minimum absolute atomic E-state index is 0.0357. The van der Waals surface area contributed by atoms with Gasteiger partial charge in [-0.15, -0.1) is 0 Å². The van der Waals surface area contributed by atoms with Crippen LogP contribution in [0.5, 0.6) is 0 Å². The number of Topliss-reactive ketones (excluding diaryl/α,β-unsaturated/α-hetero) is 1. The number of carbonyl (C=O) groups is 2. The summed E-state index contributed by atoms with van der Waals surface area (Å²) in [6.45, 7) is 4.96. The van der Waals surface area contributed by atoms with Crippen molar-refractivity contribution in [2.24, 2.45) is 5.41 Å². The Kier molecular flexibility index (Phi) is 5.54. The molecule has 0 spiro atoms. The Hall–Kier alpha value is -2.63. The Labute approximate surface area is 149 Å². The minimum Gasteiger partial charge on any atom is -0.449 e. The van der Waals surface area contributed by atoms with Crippen molar-refractivity contribution in [3.05, 3.63) is 71.3 Å². The average Bonchev–Trinajstić information content (AvgIpc) is 2.58. The van der Waals surface area contributed by atoms with Gasteiger partial charge < -0.3 is 4.74 Å². The lowest BCUT2D eigenvalue weighted by atomic mass is 9.95. The highest BCUT2D eigenvalue weighted by Crippen LogP contribution is 2.31.